The number of thioether (sulfide) groups is 1. The Kier molecular flexibility index (Phi) is 8.13. The Morgan fingerprint density at radius 2 is 1.88 bits per heavy atom. The third-order valence-electron chi connectivity index (χ3n) is 4.72. The van der Waals surface area contributed by atoms with E-state index in [1.54, 1.807) is 63.8 Å². The van der Waals surface area contributed by atoms with Crippen LogP contribution in [-0.4, -0.2) is 48.9 Å². The smallest absolute Gasteiger partial charge is 0.266 e. The van der Waals surface area contributed by atoms with Crippen LogP contribution in [0.2, 0.25) is 0 Å². The van der Waals surface area contributed by atoms with Crippen LogP contribution in [0.25, 0.3) is 6.08 Å². The molecule has 7 nitrogen and oxygen atoms in total. The standard InChI is InChI=1S/C23H24N2O5S2/c1-28-17-7-4-6-16(14-17)24-21(26)8-5-11-25-22(27)20(32-23(25)31)13-15-9-10-18(29-2)19(12-15)30-3/h4,6-7,9-10,12-14H,5,8,11H2,1-3H3,(H,24,26)/b20-13-. The van der Waals surface area contributed by atoms with E-state index in [1.807, 2.05) is 6.07 Å². The molecule has 32 heavy (non-hydrogen) atoms. The van der Waals surface area contributed by atoms with Crippen LogP contribution in [-0.2, 0) is 9.59 Å². The van der Waals surface area contributed by atoms with Crippen LogP contribution in [0.5, 0.6) is 17.2 Å². The van der Waals surface area contributed by atoms with E-state index in [4.69, 9.17) is 26.4 Å². The molecule has 1 aliphatic rings. The fourth-order valence-corrected chi connectivity index (χ4v) is 4.42. The molecule has 0 spiro atoms. The Morgan fingerprint density at radius 1 is 1.09 bits per heavy atom. The number of thiocarbonyl (C=S) groups is 1. The molecule has 0 saturated carbocycles. The van der Waals surface area contributed by atoms with Crippen LogP contribution >= 0.6 is 24.0 Å². The first-order valence-corrected chi connectivity index (χ1v) is 11.1. The van der Waals surface area contributed by atoms with E-state index in [0.29, 0.717) is 45.1 Å². The van der Waals surface area contributed by atoms with E-state index in [1.165, 1.54) is 16.7 Å². The van der Waals surface area contributed by atoms with Gasteiger partial charge in [-0.1, -0.05) is 36.1 Å². The van der Waals surface area contributed by atoms with Crippen LogP contribution < -0.4 is 19.5 Å². The molecule has 1 N–H and O–H groups in total. The molecule has 0 bridgehead atoms. The molecule has 2 aromatic carbocycles. The van der Waals surface area contributed by atoms with Crippen molar-refractivity contribution in [3.63, 3.8) is 0 Å². The lowest BCUT2D eigenvalue weighted by atomic mass is 10.2. The summed E-state index contributed by atoms with van der Waals surface area (Å²) in [5.41, 5.74) is 1.47. The highest BCUT2D eigenvalue weighted by Gasteiger charge is 2.31. The number of rotatable bonds is 9. The minimum absolute atomic E-state index is 0.135. The van der Waals surface area contributed by atoms with Gasteiger partial charge in [0.1, 0.15) is 10.1 Å². The fourth-order valence-electron chi connectivity index (χ4n) is 3.11. The number of hydrogen-bond acceptors (Lipinski definition) is 7. The Balaban J connectivity index is 1.57. The molecule has 0 aliphatic carbocycles. The number of amides is 2. The molecular weight excluding hydrogens is 448 g/mol. The predicted octanol–water partition coefficient (Wildman–Crippen LogP) is 4.33. The third kappa shape index (κ3) is 5.80. The number of benzene rings is 2. The van der Waals surface area contributed by atoms with Crippen molar-refractivity contribution in [2.24, 2.45) is 0 Å². The highest BCUT2D eigenvalue weighted by Crippen LogP contribution is 2.34. The largest absolute Gasteiger partial charge is 0.497 e. The maximum absolute atomic E-state index is 12.8. The minimum Gasteiger partial charge on any atom is -0.497 e. The van der Waals surface area contributed by atoms with Gasteiger partial charge in [0, 0.05) is 24.7 Å². The fraction of sp³-hybridized carbons (Fsp3) is 0.261. The number of methoxy groups -OCH3 is 3. The molecule has 9 heteroatoms. The highest BCUT2D eigenvalue weighted by atomic mass is 32.2. The van der Waals surface area contributed by atoms with E-state index in [9.17, 15) is 9.59 Å². The number of carbonyl (C=O) groups excluding carboxylic acids is 2. The topological polar surface area (TPSA) is 77.1 Å². The van der Waals surface area contributed by atoms with Crippen LogP contribution in [0.3, 0.4) is 0 Å². The number of anilines is 1. The van der Waals surface area contributed by atoms with Gasteiger partial charge >= 0.3 is 0 Å². The summed E-state index contributed by atoms with van der Waals surface area (Å²) in [5.74, 6) is 1.57. The van der Waals surface area contributed by atoms with Gasteiger partial charge in [-0.25, -0.2) is 0 Å². The quantitative estimate of drug-likeness (QED) is 0.430. The maximum atomic E-state index is 12.8. The molecule has 1 aliphatic heterocycles. The molecule has 1 fully saturated rings. The molecule has 168 valence electrons. The maximum Gasteiger partial charge on any atom is 0.266 e. The zero-order valence-corrected chi connectivity index (χ0v) is 19.7. The first kappa shape index (κ1) is 23.6. The average Bonchev–Trinajstić information content (AvgIpc) is 3.06. The lowest BCUT2D eigenvalue weighted by Crippen LogP contribution is -2.29. The molecule has 0 radical (unpaired) electrons. The van der Waals surface area contributed by atoms with Gasteiger partial charge in [0.2, 0.25) is 5.91 Å². The predicted molar refractivity (Wildman–Crippen MR) is 130 cm³/mol. The van der Waals surface area contributed by atoms with Crippen molar-refractivity contribution in [3.05, 3.63) is 52.9 Å². The number of ether oxygens (including phenoxy) is 3. The summed E-state index contributed by atoms with van der Waals surface area (Å²) >= 11 is 6.63. The third-order valence-corrected chi connectivity index (χ3v) is 6.10. The van der Waals surface area contributed by atoms with Gasteiger partial charge in [0.25, 0.3) is 5.91 Å². The second kappa shape index (κ2) is 11.0. The first-order chi connectivity index (χ1) is 15.4. The van der Waals surface area contributed by atoms with E-state index >= 15 is 0 Å². The summed E-state index contributed by atoms with van der Waals surface area (Å²) in [4.78, 5) is 27.1. The lowest BCUT2D eigenvalue weighted by Gasteiger charge is -2.14. The van der Waals surface area contributed by atoms with Crippen LogP contribution in [0, 0.1) is 0 Å². The second-order valence-electron chi connectivity index (χ2n) is 6.83. The van der Waals surface area contributed by atoms with Gasteiger partial charge < -0.3 is 19.5 Å². The van der Waals surface area contributed by atoms with E-state index < -0.39 is 0 Å². The van der Waals surface area contributed by atoms with Crippen molar-refractivity contribution < 1.29 is 23.8 Å². The summed E-state index contributed by atoms with van der Waals surface area (Å²) in [6, 6.07) is 12.6. The summed E-state index contributed by atoms with van der Waals surface area (Å²) in [6.45, 7) is 0.374. The van der Waals surface area contributed by atoms with Gasteiger partial charge in [-0.05, 0) is 42.3 Å². The van der Waals surface area contributed by atoms with Crippen molar-refractivity contribution in [2.75, 3.05) is 33.2 Å². The first-order valence-electron chi connectivity index (χ1n) is 9.86. The Bertz CT molecular complexity index is 1050. The molecule has 1 saturated heterocycles. The van der Waals surface area contributed by atoms with Crippen LogP contribution in [0.4, 0.5) is 5.69 Å². The van der Waals surface area contributed by atoms with E-state index in [-0.39, 0.29) is 18.2 Å². The zero-order chi connectivity index (χ0) is 23.1. The normalized spacial score (nSPS) is 14.6. The van der Waals surface area contributed by atoms with Crippen molar-refractivity contribution in [3.8, 4) is 17.2 Å². The molecule has 1 heterocycles. The molecule has 0 unspecified atom stereocenters. The SMILES string of the molecule is COc1cccc(NC(=O)CCCN2C(=O)/C(=C/c3ccc(OC)c(OC)c3)SC2=S)c1. The Hall–Kier alpha value is -3.04. The molecular formula is C23H24N2O5S2. The lowest BCUT2D eigenvalue weighted by molar-refractivity contribution is -0.122. The van der Waals surface area contributed by atoms with Gasteiger partial charge in [0.05, 0.1) is 26.2 Å². The number of hydrogen-bond donors (Lipinski definition) is 1. The monoisotopic (exact) mass is 472 g/mol. The van der Waals surface area contributed by atoms with Crippen molar-refractivity contribution in [1.29, 1.82) is 0 Å². The Labute approximate surface area is 196 Å². The highest BCUT2D eigenvalue weighted by molar-refractivity contribution is 8.26. The summed E-state index contributed by atoms with van der Waals surface area (Å²) in [6.07, 6.45) is 2.53. The Morgan fingerprint density at radius 3 is 2.59 bits per heavy atom. The van der Waals surface area contributed by atoms with Crippen LogP contribution in [0.15, 0.2) is 47.4 Å². The van der Waals surface area contributed by atoms with Crippen LogP contribution in [0.1, 0.15) is 18.4 Å². The molecule has 3 rings (SSSR count). The zero-order valence-electron chi connectivity index (χ0n) is 18.0. The number of nitrogens with one attached hydrogen (secondary N) is 1. The van der Waals surface area contributed by atoms with Crippen molar-refractivity contribution >= 4 is 51.9 Å². The van der Waals surface area contributed by atoms with Gasteiger partial charge in [-0.2, -0.15) is 0 Å². The van der Waals surface area contributed by atoms with Crippen molar-refractivity contribution in [2.45, 2.75) is 12.8 Å². The second-order valence-corrected chi connectivity index (χ2v) is 8.51. The summed E-state index contributed by atoms with van der Waals surface area (Å²) in [7, 11) is 4.70. The van der Waals surface area contributed by atoms with Gasteiger partial charge in [0.15, 0.2) is 11.5 Å². The average molecular weight is 473 g/mol. The van der Waals surface area contributed by atoms with E-state index in [2.05, 4.69) is 5.32 Å². The summed E-state index contributed by atoms with van der Waals surface area (Å²) in [5, 5.41) is 2.83. The molecule has 0 atom stereocenters. The van der Waals surface area contributed by atoms with Crippen molar-refractivity contribution in [1.82, 2.24) is 4.90 Å². The molecule has 0 aromatic heterocycles. The van der Waals surface area contributed by atoms with Gasteiger partial charge in [-0.15, -0.1) is 0 Å². The number of nitrogens with zero attached hydrogens (tertiary/aromatic N) is 1. The summed E-state index contributed by atoms with van der Waals surface area (Å²) < 4.78 is 16.2. The molecule has 2 aromatic rings. The van der Waals surface area contributed by atoms with E-state index in [0.717, 1.165) is 5.56 Å². The van der Waals surface area contributed by atoms with Gasteiger partial charge in [-0.3, -0.25) is 14.5 Å². The minimum atomic E-state index is -0.164. The molecule has 2 amide bonds. The number of carbonyl (C=O) groups is 2.